The first-order valence-corrected chi connectivity index (χ1v) is 11.2. The van der Waals surface area contributed by atoms with E-state index in [0.29, 0.717) is 5.56 Å². The number of benzene rings is 1. The van der Waals surface area contributed by atoms with Gasteiger partial charge >= 0.3 is 0 Å². The van der Waals surface area contributed by atoms with E-state index in [2.05, 4.69) is 48.5 Å². The summed E-state index contributed by atoms with van der Waals surface area (Å²) in [5.41, 5.74) is 7.86. The van der Waals surface area contributed by atoms with Crippen LogP contribution in [0.25, 0.3) is 5.57 Å². The van der Waals surface area contributed by atoms with Crippen molar-refractivity contribution in [2.75, 3.05) is 7.05 Å². The fraction of sp³-hybridized carbons (Fsp3) is 0.194. The quantitative estimate of drug-likeness (QED) is 0.211. The number of halogens is 1. The van der Waals surface area contributed by atoms with Crippen molar-refractivity contribution >= 4 is 11.8 Å². The number of aliphatic imine (C=N–C) groups is 1. The number of rotatable bonds is 9. The SMILES string of the molecule is C#Cc1c(F)cccc1/C(C=C)=C/C1=C(N(C)/C(C=NC(=C)C)=C/C)CCC(/C=C\C=C)=C1C. The third-order valence-electron chi connectivity index (χ3n) is 5.76. The highest BCUT2D eigenvalue weighted by Crippen LogP contribution is 2.36. The van der Waals surface area contributed by atoms with Gasteiger partial charge in [0.1, 0.15) is 5.82 Å². The first-order chi connectivity index (χ1) is 16.3. The van der Waals surface area contributed by atoms with E-state index in [0.717, 1.165) is 46.7 Å². The van der Waals surface area contributed by atoms with Crippen LogP contribution in [-0.4, -0.2) is 18.2 Å². The topological polar surface area (TPSA) is 15.6 Å². The molecule has 1 aromatic rings. The Morgan fingerprint density at radius 2 is 2.00 bits per heavy atom. The van der Waals surface area contributed by atoms with Crippen LogP contribution in [0.1, 0.15) is 44.7 Å². The summed E-state index contributed by atoms with van der Waals surface area (Å²) in [6.07, 6.45) is 20.8. The summed E-state index contributed by atoms with van der Waals surface area (Å²) in [6.45, 7) is 17.6. The summed E-state index contributed by atoms with van der Waals surface area (Å²) in [6, 6.07) is 4.87. The summed E-state index contributed by atoms with van der Waals surface area (Å²) >= 11 is 0. The van der Waals surface area contributed by atoms with Crippen LogP contribution < -0.4 is 0 Å². The number of terminal acetylenes is 1. The predicted octanol–water partition coefficient (Wildman–Crippen LogP) is 7.92. The van der Waals surface area contributed by atoms with E-state index in [1.807, 2.05) is 51.4 Å². The Morgan fingerprint density at radius 3 is 2.59 bits per heavy atom. The molecule has 0 fully saturated rings. The molecule has 2 rings (SSSR count). The number of nitrogens with zero attached hydrogens (tertiary/aromatic N) is 2. The second kappa shape index (κ2) is 12.4. The Balaban J connectivity index is 2.80. The van der Waals surface area contributed by atoms with Crippen LogP contribution in [0, 0.1) is 18.2 Å². The first kappa shape index (κ1) is 26.4. The van der Waals surface area contributed by atoms with E-state index in [4.69, 9.17) is 6.42 Å². The van der Waals surface area contributed by atoms with E-state index in [1.54, 1.807) is 18.2 Å². The molecule has 3 heteroatoms. The lowest BCUT2D eigenvalue weighted by Gasteiger charge is -2.30. The van der Waals surface area contributed by atoms with E-state index in [9.17, 15) is 4.39 Å². The average Bonchev–Trinajstić information content (AvgIpc) is 2.82. The molecule has 0 spiro atoms. The van der Waals surface area contributed by atoms with E-state index < -0.39 is 5.82 Å². The number of hydrogen-bond acceptors (Lipinski definition) is 2. The lowest BCUT2D eigenvalue weighted by atomic mass is 9.86. The smallest absolute Gasteiger partial charge is 0.139 e. The van der Waals surface area contributed by atoms with Gasteiger partial charge in [-0.05, 0) is 68.0 Å². The van der Waals surface area contributed by atoms with Crippen LogP contribution in [-0.2, 0) is 0 Å². The van der Waals surface area contributed by atoms with Gasteiger partial charge in [-0.2, -0.15) is 0 Å². The molecule has 34 heavy (non-hydrogen) atoms. The Labute approximate surface area is 204 Å². The molecule has 0 amide bonds. The van der Waals surface area contributed by atoms with E-state index in [-0.39, 0.29) is 5.56 Å². The maximum atomic E-state index is 14.4. The maximum absolute atomic E-state index is 14.4. The van der Waals surface area contributed by atoms with Gasteiger partial charge in [0, 0.05) is 24.0 Å². The van der Waals surface area contributed by atoms with Crippen molar-refractivity contribution in [2.45, 2.75) is 33.6 Å². The van der Waals surface area contributed by atoms with Crippen LogP contribution in [0.2, 0.25) is 0 Å². The van der Waals surface area contributed by atoms with Crippen LogP contribution in [0.4, 0.5) is 4.39 Å². The molecule has 174 valence electrons. The molecular weight excluding hydrogens is 419 g/mol. The zero-order valence-electron chi connectivity index (χ0n) is 20.7. The van der Waals surface area contributed by atoms with Crippen LogP contribution in [0.3, 0.4) is 0 Å². The van der Waals surface area contributed by atoms with Crippen LogP contribution >= 0.6 is 0 Å². The third-order valence-corrected chi connectivity index (χ3v) is 5.76. The minimum absolute atomic E-state index is 0.233. The molecule has 2 nitrogen and oxygen atoms in total. The molecule has 0 saturated carbocycles. The van der Waals surface area contributed by atoms with E-state index in [1.165, 1.54) is 11.6 Å². The van der Waals surface area contributed by atoms with Gasteiger partial charge < -0.3 is 4.90 Å². The molecule has 0 atom stereocenters. The second-order valence-corrected chi connectivity index (χ2v) is 7.98. The van der Waals surface area contributed by atoms with Gasteiger partial charge in [0.25, 0.3) is 0 Å². The Bertz CT molecular complexity index is 1210. The van der Waals surface area contributed by atoms with Crippen molar-refractivity contribution in [1.82, 2.24) is 4.90 Å². The Hall–Kier alpha value is -3.90. The monoisotopic (exact) mass is 452 g/mol. The zero-order valence-corrected chi connectivity index (χ0v) is 20.7. The maximum Gasteiger partial charge on any atom is 0.139 e. The largest absolute Gasteiger partial charge is 0.347 e. The number of hydrogen-bond donors (Lipinski definition) is 0. The summed E-state index contributed by atoms with van der Waals surface area (Å²) in [5, 5.41) is 0. The van der Waals surface area contributed by atoms with Gasteiger partial charge in [-0.25, -0.2) is 4.39 Å². The van der Waals surface area contributed by atoms with Crippen LogP contribution in [0.5, 0.6) is 0 Å². The fourth-order valence-electron chi connectivity index (χ4n) is 3.90. The minimum atomic E-state index is -0.420. The highest BCUT2D eigenvalue weighted by Gasteiger charge is 2.21. The minimum Gasteiger partial charge on any atom is -0.347 e. The third kappa shape index (κ3) is 6.11. The van der Waals surface area contributed by atoms with Gasteiger partial charge in [0.15, 0.2) is 0 Å². The van der Waals surface area contributed by atoms with Gasteiger partial charge in [0.2, 0.25) is 0 Å². The van der Waals surface area contributed by atoms with Crippen LogP contribution in [0.15, 0.2) is 113 Å². The molecule has 0 aliphatic heterocycles. The average molecular weight is 453 g/mol. The molecule has 0 aromatic heterocycles. The zero-order chi connectivity index (χ0) is 25.3. The molecule has 0 heterocycles. The normalized spacial score (nSPS) is 15.2. The van der Waals surface area contributed by atoms with Gasteiger partial charge in [-0.3, -0.25) is 4.99 Å². The molecule has 0 bridgehead atoms. The predicted molar refractivity (Wildman–Crippen MR) is 146 cm³/mol. The van der Waals surface area contributed by atoms with Gasteiger partial charge in [-0.15, -0.1) is 6.42 Å². The molecule has 1 aliphatic carbocycles. The first-order valence-electron chi connectivity index (χ1n) is 11.2. The summed E-state index contributed by atoms with van der Waals surface area (Å²) in [5.74, 6) is 2.07. The Morgan fingerprint density at radius 1 is 1.26 bits per heavy atom. The summed E-state index contributed by atoms with van der Waals surface area (Å²) in [7, 11) is 2.03. The highest BCUT2D eigenvalue weighted by atomic mass is 19.1. The van der Waals surface area contributed by atoms with E-state index >= 15 is 0 Å². The van der Waals surface area contributed by atoms with Gasteiger partial charge in [0.05, 0.1) is 17.5 Å². The molecule has 1 aromatic carbocycles. The van der Waals surface area contributed by atoms with Gasteiger partial charge in [-0.1, -0.05) is 68.2 Å². The Kier molecular flexibility index (Phi) is 9.59. The van der Waals surface area contributed by atoms with Crippen molar-refractivity contribution in [3.05, 3.63) is 125 Å². The van der Waals surface area contributed by atoms with Crippen molar-refractivity contribution in [3.63, 3.8) is 0 Å². The van der Waals surface area contributed by atoms with Crippen molar-refractivity contribution in [3.8, 4) is 12.3 Å². The highest BCUT2D eigenvalue weighted by molar-refractivity contribution is 5.82. The second-order valence-electron chi connectivity index (χ2n) is 7.98. The van der Waals surface area contributed by atoms with Crippen molar-refractivity contribution < 1.29 is 4.39 Å². The van der Waals surface area contributed by atoms with Crippen molar-refractivity contribution in [2.24, 2.45) is 4.99 Å². The summed E-state index contributed by atoms with van der Waals surface area (Å²) < 4.78 is 14.4. The fourth-order valence-corrected chi connectivity index (χ4v) is 3.90. The molecule has 0 N–H and O–H groups in total. The number of allylic oxidation sites excluding steroid dienone is 13. The molecular formula is C31H33FN2. The molecule has 1 aliphatic rings. The standard InChI is InChI=1S/C31H33FN2/c1-9-13-15-25-18-19-31(34(8)26(11-3)21-33-22(5)6)29(23(25)7)20-24(10-2)28-16-14-17-30(32)27(28)12-4/h4,9-11,13-17,20-21H,1-2,5,18-19H2,3,6-8H3/b15-13-,24-20+,26-11+,33-21?. The van der Waals surface area contributed by atoms with Crippen molar-refractivity contribution in [1.29, 1.82) is 0 Å². The lowest BCUT2D eigenvalue weighted by Crippen LogP contribution is -2.22. The molecule has 0 saturated heterocycles. The lowest BCUT2D eigenvalue weighted by molar-refractivity contribution is 0.508. The molecule has 0 radical (unpaired) electrons. The molecule has 0 unspecified atom stereocenters. The summed E-state index contributed by atoms with van der Waals surface area (Å²) in [4.78, 5) is 6.53.